The van der Waals surface area contributed by atoms with Gasteiger partial charge in [-0.25, -0.2) is 4.98 Å². The molecule has 1 N–H and O–H groups in total. The summed E-state index contributed by atoms with van der Waals surface area (Å²) in [6, 6.07) is 7.27. The van der Waals surface area contributed by atoms with Crippen molar-refractivity contribution in [2.45, 2.75) is 6.92 Å². The van der Waals surface area contributed by atoms with E-state index in [9.17, 15) is 4.79 Å². The highest BCUT2D eigenvalue weighted by Crippen LogP contribution is 2.24. The molecule has 0 atom stereocenters. The topological polar surface area (TPSA) is 42.0 Å². The summed E-state index contributed by atoms with van der Waals surface area (Å²) in [4.78, 5) is 16.1. The molecule has 6 heteroatoms. The zero-order valence-electron chi connectivity index (χ0n) is 9.88. The normalized spacial score (nSPS) is 10.3. The first-order valence-corrected chi connectivity index (χ1v) is 7.32. The van der Waals surface area contributed by atoms with Gasteiger partial charge in [0, 0.05) is 10.0 Å². The Morgan fingerprint density at radius 1 is 1.32 bits per heavy atom. The molecule has 0 aliphatic rings. The lowest BCUT2D eigenvalue weighted by Crippen LogP contribution is -2.13. The van der Waals surface area contributed by atoms with Crippen LogP contribution in [0.4, 0.5) is 5.69 Å². The average Bonchev–Trinajstić information content (AvgIpc) is 2.36. The number of rotatable bonds is 2. The van der Waals surface area contributed by atoms with E-state index in [4.69, 9.17) is 11.6 Å². The van der Waals surface area contributed by atoms with Gasteiger partial charge in [0.05, 0.1) is 16.4 Å². The van der Waals surface area contributed by atoms with Gasteiger partial charge in [-0.2, -0.15) is 0 Å². The molecule has 0 radical (unpaired) electrons. The molecule has 0 spiro atoms. The van der Waals surface area contributed by atoms with Gasteiger partial charge < -0.3 is 5.32 Å². The molecular formula is C13H9Br2ClN2O. The number of pyridine rings is 1. The van der Waals surface area contributed by atoms with Crippen LogP contribution < -0.4 is 5.32 Å². The number of nitrogens with zero attached hydrogens (tertiary/aromatic N) is 1. The van der Waals surface area contributed by atoms with Crippen LogP contribution >= 0.6 is 43.5 Å². The monoisotopic (exact) mass is 402 g/mol. The molecule has 19 heavy (non-hydrogen) atoms. The number of amides is 1. The fourth-order valence-corrected chi connectivity index (χ4v) is 2.34. The third-order valence-corrected chi connectivity index (χ3v) is 4.13. The highest BCUT2D eigenvalue weighted by Gasteiger charge is 2.11. The van der Waals surface area contributed by atoms with Crippen molar-refractivity contribution in [3.05, 3.63) is 55.7 Å². The van der Waals surface area contributed by atoms with Crippen molar-refractivity contribution >= 4 is 55.1 Å². The van der Waals surface area contributed by atoms with Gasteiger partial charge in [-0.3, -0.25) is 4.79 Å². The number of aryl methyl sites for hydroxylation is 1. The number of carbonyl (C=O) groups is 1. The standard InChI is InChI=1S/C13H9Br2ClN2O/c1-7-2-3-8(14)4-10(7)13(19)18-9-5-11(15)12(16)17-6-9/h2-6H,1H3,(H,18,19). The zero-order chi connectivity index (χ0) is 14.0. The average molecular weight is 404 g/mol. The Morgan fingerprint density at radius 2 is 2.05 bits per heavy atom. The number of aromatic nitrogens is 1. The molecule has 0 aliphatic carbocycles. The van der Waals surface area contributed by atoms with E-state index in [1.807, 2.05) is 19.1 Å². The molecule has 2 rings (SSSR count). The SMILES string of the molecule is Cc1ccc(Br)cc1C(=O)Nc1cnc(Cl)c(Br)c1. The first-order valence-electron chi connectivity index (χ1n) is 5.36. The van der Waals surface area contributed by atoms with Gasteiger partial charge in [-0.15, -0.1) is 0 Å². The van der Waals surface area contributed by atoms with E-state index in [-0.39, 0.29) is 5.91 Å². The van der Waals surface area contributed by atoms with E-state index in [1.165, 1.54) is 6.20 Å². The zero-order valence-corrected chi connectivity index (χ0v) is 13.8. The lowest BCUT2D eigenvalue weighted by Gasteiger charge is -2.08. The van der Waals surface area contributed by atoms with E-state index in [0.29, 0.717) is 20.9 Å². The van der Waals surface area contributed by atoms with E-state index in [2.05, 4.69) is 42.2 Å². The molecule has 0 aliphatic heterocycles. The number of nitrogens with one attached hydrogen (secondary N) is 1. The van der Waals surface area contributed by atoms with E-state index >= 15 is 0 Å². The minimum absolute atomic E-state index is 0.185. The second kappa shape index (κ2) is 6.03. The summed E-state index contributed by atoms with van der Waals surface area (Å²) in [5.74, 6) is -0.185. The molecule has 98 valence electrons. The van der Waals surface area contributed by atoms with Gasteiger partial charge in [-0.05, 0) is 46.6 Å². The highest BCUT2D eigenvalue weighted by atomic mass is 79.9. The first-order chi connectivity index (χ1) is 8.97. The maximum absolute atomic E-state index is 12.2. The Morgan fingerprint density at radius 3 is 2.74 bits per heavy atom. The van der Waals surface area contributed by atoms with E-state index in [1.54, 1.807) is 12.1 Å². The maximum atomic E-state index is 12.2. The van der Waals surface area contributed by atoms with Gasteiger partial charge in [-0.1, -0.05) is 33.6 Å². The summed E-state index contributed by atoms with van der Waals surface area (Å²) in [5.41, 5.74) is 2.10. The number of carbonyl (C=O) groups excluding carboxylic acids is 1. The fourth-order valence-electron chi connectivity index (χ4n) is 1.53. The number of benzene rings is 1. The summed E-state index contributed by atoms with van der Waals surface area (Å²) in [5, 5.41) is 3.14. The molecule has 0 saturated heterocycles. The van der Waals surface area contributed by atoms with Gasteiger partial charge in [0.25, 0.3) is 5.91 Å². The van der Waals surface area contributed by atoms with Crippen molar-refractivity contribution in [2.24, 2.45) is 0 Å². The molecule has 3 nitrogen and oxygen atoms in total. The van der Waals surface area contributed by atoms with Crippen molar-refractivity contribution in [3.63, 3.8) is 0 Å². The third kappa shape index (κ3) is 3.55. The second-order valence-corrected chi connectivity index (χ2v) is 6.04. The largest absolute Gasteiger partial charge is 0.321 e. The Balaban J connectivity index is 2.25. The lowest BCUT2D eigenvalue weighted by molar-refractivity contribution is 0.102. The van der Waals surface area contributed by atoms with Crippen LogP contribution in [0.5, 0.6) is 0 Å². The number of hydrogen-bond donors (Lipinski definition) is 1. The first kappa shape index (κ1) is 14.5. The summed E-state index contributed by atoms with van der Waals surface area (Å²) in [7, 11) is 0. The maximum Gasteiger partial charge on any atom is 0.256 e. The molecule has 0 unspecified atom stereocenters. The van der Waals surface area contributed by atoms with Crippen LogP contribution in [0, 0.1) is 6.92 Å². The minimum atomic E-state index is -0.185. The van der Waals surface area contributed by atoms with Crippen molar-refractivity contribution in [1.29, 1.82) is 0 Å². The van der Waals surface area contributed by atoms with Crippen molar-refractivity contribution in [2.75, 3.05) is 5.32 Å². The van der Waals surface area contributed by atoms with Gasteiger partial charge in [0.1, 0.15) is 5.15 Å². The van der Waals surface area contributed by atoms with Crippen molar-refractivity contribution in [1.82, 2.24) is 4.98 Å². The number of hydrogen-bond acceptors (Lipinski definition) is 2. The lowest BCUT2D eigenvalue weighted by atomic mass is 10.1. The van der Waals surface area contributed by atoms with Gasteiger partial charge in [0.2, 0.25) is 0 Å². The smallest absolute Gasteiger partial charge is 0.256 e. The summed E-state index contributed by atoms with van der Waals surface area (Å²) in [6.45, 7) is 1.89. The molecule has 1 aromatic heterocycles. The molecule has 1 aromatic carbocycles. The summed E-state index contributed by atoms with van der Waals surface area (Å²) in [6.07, 6.45) is 1.51. The molecule has 1 amide bonds. The highest BCUT2D eigenvalue weighted by molar-refractivity contribution is 9.10. The Kier molecular flexibility index (Phi) is 4.60. The number of halogens is 3. The fraction of sp³-hybridized carbons (Fsp3) is 0.0769. The molecule has 0 fully saturated rings. The van der Waals surface area contributed by atoms with E-state index in [0.717, 1.165) is 10.0 Å². The van der Waals surface area contributed by atoms with Crippen LogP contribution in [-0.2, 0) is 0 Å². The second-order valence-electron chi connectivity index (χ2n) is 3.91. The number of anilines is 1. The predicted molar refractivity (Wildman–Crippen MR) is 83.8 cm³/mol. The summed E-state index contributed by atoms with van der Waals surface area (Å²) < 4.78 is 1.50. The van der Waals surface area contributed by atoms with Crippen LogP contribution in [0.15, 0.2) is 39.4 Å². The Hall–Kier alpha value is -0.910. The van der Waals surface area contributed by atoms with Crippen molar-refractivity contribution in [3.8, 4) is 0 Å². The molecule has 1 heterocycles. The predicted octanol–water partition coefficient (Wildman–Crippen LogP) is 4.82. The van der Waals surface area contributed by atoms with Crippen LogP contribution in [0.3, 0.4) is 0 Å². The van der Waals surface area contributed by atoms with Crippen LogP contribution in [0.25, 0.3) is 0 Å². The Bertz CT molecular complexity index is 647. The quantitative estimate of drug-likeness (QED) is 0.729. The van der Waals surface area contributed by atoms with E-state index < -0.39 is 0 Å². The molecule has 2 aromatic rings. The van der Waals surface area contributed by atoms with Gasteiger partial charge in [0.15, 0.2) is 0 Å². The molecular weight excluding hydrogens is 395 g/mol. The van der Waals surface area contributed by atoms with Crippen LogP contribution in [0.2, 0.25) is 5.15 Å². The third-order valence-electron chi connectivity index (χ3n) is 2.50. The van der Waals surface area contributed by atoms with Crippen molar-refractivity contribution < 1.29 is 4.79 Å². The van der Waals surface area contributed by atoms with Crippen LogP contribution in [0.1, 0.15) is 15.9 Å². The Labute approximate surface area is 132 Å². The summed E-state index contributed by atoms with van der Waals surface area (Å²) >= 11 is 12.4. The molecule has 0 saturated carbocycles. The molecule has 0 bridgehead atoms. The minimum Gasteiger partial charge on any atom is -0.321 e. The van der Waals surface area contributed by atoms with Crippen LogP contribution in [-0.4, -0.2) is 10.9 Å². The van der Waals surface area contributed by atoms with Gasteiger partial charge >= 0.3 is 0 Å².